The Morgan fingerprint density at radius 1 is 1.03 bits per heavy atom. The fourth-order valence-electron chi connectivity index (χ4n) is 4.16. The molecule has 3 aromatic heterocycles. The summed E-state index contributed by atoms with van der Waals surface area (Å²) in [7, 11) is 0. The highest BCUT2D eigenvalue weighted by Crippen LogP contribution is 2.23. The summed E-state index contributed by atoms with van der Waals surface area (Å²) in [4.78, 5) is 35.4. The molecule has 0 bridgehead atoms. The standard InChI is InChI=1S/C28H25N5O3/c1-4-19-9-5-6-11-23(19)30-24(34)16-33-15-22(25(35)21-13-12-18(3)29-27(21)33)28-31-26(32-36-28)20-10-7-8-17(2)14-20/h5-15H,4,16H2,1-3H3,(H,30,34). The molecule has 36 heavy (non-hydrogen) atoms. The molecule has 1 amide bonds. The van der Waals surface area contributed by atoms with Crippen LogP contribution in [0.5, 0.6) is 0 Å². The van der Waals surface area contributed by atoms with E-state index in [9.17, 15) is 9.59 Å². The molecule has 0 aliphatic rings. The molecule has 2 aromatic carbocycles. The first-order valence-electron chi connectivity index (χ1n) is 11.7. The fourth-order valence-corrected chi connectivity index (χ4v) is 4.16. The smallest absolute Gasteiger partial charge is 0.263 e. The molecule has 8 heteroatoms. The van der Waals surface area contributed by atoms with E-state index in [1.165, 1.54) is 0 Å². The van der Waals surface area contributed by atoms with Gasteiger partial charge in [-0.3, -0.25) is 9.59 Å². The molecule has 0 atom stereocenters. The minimum atomic E-state index is -0.287. The molecule has 0 spiro atoms. The number of pyridine rings is 2. The van der Waals surface area contributed by atoms with Gasteiger partial charge in [0.1, 0.15) is 17.8 Å². The number of amides is 1. The van der Waals surface area contributed by atoms with Crippen LogP contribution in [0.25, 0.3) is 33.9 Å². The van der Waals surface area contributed by atoms with Crippen LogP contribution >= 0.6 is 0 Å². The summed E-state index contributed by atoms with van der Waals surface area (Å²) in [5, 5.41) is 7.42. The number of fused-ring (bicyclic) bond motifs is 1. The van der Waals surface area contributed by atoms with Crippen LogP contribution in [0.3, 0.4) is 0 Å². The Hall–Kier alpha value is -4.59. The summed E-state index contributed by atoms with van der Waals surface area (Å²) in [5.41, 5.74) is 4.73. The molecule has 8 nitrogen and oxygen atoms in total. The maximum atomic E-state index is 13.4. The maximum absolute atomic E-state index is 13.4. The van der Waals surface area contributed by atoms with E-state index in [1.807, 2.05) is 69.3 Å². The molecule has 0 unspecified atom stereocenters. The third kappa shape index (κ3) is 4.53. The second kappa shape index (κ2) is 9.58. The van der Waals surface area contributed by atoms with E-state index in [-0.39, 0.29) is 29.3 Å². The van der Waals surface area contributed by atoms with Crippen LogP contribution in [0.4, 0.5) is 5.69 Å². The van der Waals surface area contributed by atoms with E-state index in [4.69, 9.17) is 4.52 Å². The number of hydrogen-bond acceptors (Lipinski definition) is 6. The first-order valence-corrected chi connectivity index (χ1v) is 11.7. The number of nitrogens with one attached hydrogen (secondary N) is 1. The van der Waals surface area contributed by atoms with Crippen molar-refractivity contribution in [3.8, 4) is 22.8 Å². The molecule has 3 heterocycles. The first kappa shape index (κ1) is 23.2. The SMILES string of the molecule is CCc1ccccc1NC(=O)Cn1cc(-c2nc(-c3cccc(C)c3)no2)c(=O)c2ccc(C)nc21. The molecule has 5 rings (SSSR count). The Morgan fingerprint density at radius 3 is 2.67 bits per heavy atom. The van der Waals surface area contributed by atoms with E-state index < -0.39 is 0 Å². The maximum Gasteiger partial charge on any atom is 0.263 e. The van der Waals surface area contributed by atoms with Gasteiger partial charge in [-0.05, 0) is 50.1 Å². The van der Waals surface area contributed by atoms with Crippen LogP contribution in [-0.4, -0.2) is 25.6 Å². The number of nitrogens with zero attached hydrogens (tertiary/aromatic N) is 4. The molecule has 0 radical (unpaired) electrons. The zero-order valence-electron chi connectivity index (χ0n) is 20.3. The number of rotatable bonds is 6. The molecular formula is C28H25N5O3. The van der Waals surface area contributed by atoms with E-state index in [2.05, 4.69) is 20.4 Å². The van der Waals surface area contributed by atoms with Gasteiger partial charge in [0, 0.05) is 23.1 Å². The lowest BCUT2D eigenvalue weighted by atomic mass is 10.1. The number of hydrogen-bond donors (Lipinski definition) is 1. The number of carbonyl (C=O) groups is 1. The highest BCUT2D eigenvalue weighted by molar-refractivity contribution is 5.92. The molecular weight excluding hydrogens is 454 g/mol. The van der Waals surface area contributed by atoms with Gasteiger partial charge in [0.2, 0.25) is 17.2 Å². The predicted octanol–water partition coefficient (Wildman–Crippen LogP) is 4.93. The minimum absolute atomic E-state index is 0.0445. The first-order chi connectivity index (χ1) is 17.4. The zero-order chi connectivity index (χ0) is 25.2. The molecule has 0 aliphatic carbocycles. The second-order valence-corrected chi connectivity index (χ2v) is 8.68. The van der Waals surface area contributed by atoms with Gasteiger partial charge in [-0.15, -0.1) is 0 Å². The Bertz CT molecular complexity index is 1650. The van der Waals surface area contributed by atoms with E-state index in [1.54, 1.807) is 22.9 Å². The summed E-state index contributed by atoms with van der Waals surface area (Å²) in [6.45, 7) is 5.81. The van der Waals surface area contributed by atoms with Gasteiger partial charge < -0.3 is 14.4 Å². The molecule has 0 aliphatic heterocycles. The highest BCUT2D eigenvalue weighted by Gasteiger charge is 2.19. The molecule has 0 saturated carbocycles. The summed E-state index contributed by atoms with van der Waals surface area (Å²) in [6.07, 6.45) is 2.36. The van der Waals surface area contributed by atoms with Crippen molar-refractivity contribution in [3.05, 3.63) is 93.9 Å². The molecule has 180 valence electrons. The largest absolute Gasteiger partial charge is 0.333 e. The Morgan fingerprint density at radius 2 is 1.86 bits per heavy atom. The number of aryl methyl sites for hydroxylation is 3. The Kier molecular flexibility index (Phi) is 6.16. The molecule has 0 fully saturated rings. The minimum Gasteiger partial charge on any atom is -0.333 e. The Balaban J connectivity index is 1.55. The number of benzene rings is 2. The third-order valence-electron chi connectivity index (χ3n) is 5.98. The van der Waals surface area contributed by atoms with Gasteiger partial charge in [-0.1, -0.05) is 54.0 Å². The third-order valence-corrected chi connectivity index (χ3v) is 5.98. The highest BCUT2D eigenvalue weighted by atomic mass is 16.5. The van der Waals surface area contributed by atoms with Gasteiger partial charge in [0.15, 0.2) is 0 Å². The van der Waals surface area contributed by atoms with E-state index in [0.717, 1.165) is 34.5 Å². The van der Waals surface area contributed by atoms with Crippen LogP contribution in [0.2, 0.25) is 0 Å². The number of anilines is 1. The van der Waals surface area contributed by atoms with Crippen LogP contribution in [-0.2, 0) is 17.8 Å². The van der Waals surface area contributed by atoms with E-state index in [0.29, 0.717) is 16.9 Å². The quantitative estimate of drug-likeness (QED) is 0.370. The van der Waals surface area contributed by atoms with E-state index >= 15 is 0 Å². The van der Waals surface area contributed by atoms with Gasteiger partial charge in [-0.2, -0.15) is 4.98 Å². The van der Waals surface area contributed by atoms with Crippen molar-refractivity contribution in [2.75, 3.05) is 5.32 Å². The van der Waals surface area contributed by atoms with Crippen LogP contribution in [0, 0.1) is 13.8 Å². The van der Waals surface area contributed by atoms with Gasteiger partial charge >= 0.3 is 0 Å². The molecule has 5 aromatic rings. The van der Waals surface area contributed by atoms with Crippen LogP contribution < -0.4 is 10.7 Å². The van der Waals surface area contributed by atoms with Crippen LogP contribution in [0.1, 0.15) is 23.7 Å². The predicted molar refractivity (Wildman–Crippen MR) is 139 cm³/mol. The molecule has 1 N–H and O–H groups in total. The average Bonchev–Trinajstić information content (AvgIpc) is 3.36. The van der Waals surface area contributed by atoms with Crippen molar-refractivity contribution in [1.29, 1.82) is 0 Å². The van der Waals surface area contributed by atoms with Crippen LogP contribution in [0.15, 0.2) is 76.2 Å². The summed E-state index contributed by atoms with van der Waals surface area (Å²) < 4.78 is 7.14. The van der Waals surface area contributed by atoms with Crippen molar-refractivity contribution in [3.63, 3.8) is 0 Å². The summed E-state index contributed by atoms with van der Waals surface area (Å²) in [5.74, 6) is 0.237. The van der Waals surface area contributed by atoms with Crippen molar-refractivity contribution >= 4 is 22.6 Å². The lowest BCUT2D eigenvalue weighted by Crippen LogP contribution is -2.22. The van der Waals surface area contributed by atoms with Gasteiger partial charge in [0.05, 0.1) is 5.39 Å². The average molecular weight is 480 g/mol. The number of para-hydroxylation sites is 1. The van der Waals surface area contributed by atoms with Gasteiger partial charge in [-0.25, -0.2) is 4.98 Å². The van der Waals surface area contributed by atoms with Crippen molar-refractivity contribution in [2.24, 2.45) is 0 Å². The lowest BCUT2D eigenvalue weighted by Gasteiger charge is -2.14. The summed E-state index contributed by atoms with van der Waals surface area (Å²) >= 11 is 0. The summed E-state index contributed by atoms with van der Waals surface area (Å²) in [6, 6.07) is 18.9. The second-order valence-electron chi connectivity index (χ2n) is 8.68. The zero-order valence-corrected chi connectivity index (χ0v) is 20.3. The lowest BCUT2D eigenvalue weighted by molar-refractivity contribution is -0.116. The van der Waals surface area contributed by atoms with Crippen molar-refractivity contribution in [1.82, 2.24) is 19.7 Å². The van der Waals surface area contributed by atoms with Gasteiger partial charge in [0.25, 0.3) is 5.89 Å². The number of carbonyl (C=O) groups excluding carboxylic acids is 1. The normalized spacial score (nSPS) is 11.1. The number of aromatic nitrogens is 4. The topological polar surface area (TPSA) is 103 Å². The monoisotopic (exact) mass is 479 g/mol. The van der Waals surface area contributed by atoms with Crippen molar-refractivity contribution < 1.29 is 9.32 Å². The fraction of sp³-hybridized carbons (Fsp3) is 0.179. The molecule has 0 saturated heterocycles. The van der Waals surface area contributed by atoms with Crippen molar-refractivity contribution in [2.45, 2.75) is 33.7 Å². The Labute approximate surface area is 207 Å².